The molecule has 0 unspecified atom stereocenters. The fourth-order valence-electron chi connectivity index (χ4n) is 2.20. The number of hydrogen-bond donors (Lipinski definition) is 1. The monoisotopic (exact) mass is 306 g/mol. The average Bonchev–Trinajstić information content (AvgIpc) is 3.09. The van der Waals surface area contributed by atoms with Crippen LogP contribution in [0.1, 0.15) is 5.56 Å². The molecule has 7 nitrogen and oxygen atoms in total. The van der Waals surface area contributed by atoms with Crippen LogP contribution in [0.4, 0.5) is 11.5 Å². The van der Waals surface area contributed by atoms with E-state index in [1.54, 1.807) is 30.3 Å². The Balaban J connectivity index is 2.20. The zero-order valence-electron chi connectivity index (χ0n) is 11.8. The number of nitrogens with two attached hydrogens (primary N) is 1. The van der Waals surface area contributed by atoms with Gasteiger partial charge in [0.2, 0.25) is 0 Å². The van der Waals surface area contributed by atoms with Gasteiger partial charge >= 0.3 is 0 Å². The Labute approximate surface area is 130 Å². The molecule has 0 aliphatic carbocycles. The van der Waals surface area contributed by atoms with Gasteiger partial charge in [-0.25, -0.2) is 4.98 Å². The first-order valence-electron chi connectivity index (χ1n) is 6.59. The van der Waals surface area contributed by atoms with Crippen LogP contribution in [0.15, 0.2) is 53.1 Å². The van der Waals surface area contributed by atoms with E-state index >= 15 is 0 Å². The number of nitro benzene ring substituents is 1. The van der Waals surface area contributed by atoms with Crippen LogP contribution in [-0.4, -0.2) is 9.91 Å². The summed E-state index contributed by atoms with van der Waals surface area (Å²) < 4.78 is 5.36. The van der Waals surface area contributed by atoms with E-state index in [2.05, 4.69) is 4.98 Å². The molecule has 1 aromatic carbocycles. The molecule has 0 fully saturated rings. The van der Waals surface area contributed by atoms with Crippen LogP contribution < -0.4 is 5.73 Å². The molecule has 0 saturated heterocycles. The van der Waals surface area contributed by atoms with E-state index in [9.17, 15) is 10.1 Å². The summed E-state index contributed by atoms with van der Waals surface area (Å²) in [6, 6.07) is 13.0. The predicted octanol–water partition coefficient (Wildman–Crippen LogP) is 3.37. The molecular formula is C16H10N4O3. The van der Waals surface area contributed by atoms with Crippen molar-refractivity contribution in [2.24, 2.45) is 0 Å². The van der Waals surface area contributed by atoms with Crippen molar-refractivity contribution in [2.75, 3.05) is 5.73 Å². The average molecular weight is 306 g/mol. The van der Waals surface area contributed by atoms with Crippen LogP contribution in [0.3, 0.4) is 0 Å². The van der Waals surface area contributed by atoms with Gasteiger partial charge in [0.05, 0.1) is 16.7 Å². The van der Waals surface area contributed by atoms with Gasteiger partial charge in [0.1, 0.15) is 17.6 Å². The first-order chi connectivity index (χ1) is 11.1. The minimum atomic E-state index is -0.473. The van der Waals surface area contributed by atoms with E-state index in [0.717, 1.165) is 0 Å². The van der Waals surface area contributed by atoms with Crippen LogP contribution in [-0.2, 0) is 0 Å². The van der Waals surface area contributed by atoms with E-state index in [1.165, 1.54) is 18.4 Å². The van der Waals surface area contributed by atoms with Gasteiger partial charge < -0.3 is 10.2 Å². The largest absolute Gasteiger partial charge is 0.463 e. The fraction of sp³-hybridized carbons (Fsp3) is 0. The van der Waals surface area contributed by atoms with Crippen molar-refractivity contribution in [2.45, 2.75) is 0 Å². The maximum Gasteiger partial charge on any atom is 0.269 e. The van der Waals surface area contributed by atoms with Gasteiger partial charge in [-0.3, -0.25) is 10.1 Å². The lowest BCUT2D eigenvalue weighted by molar-refractivity contribution is -0.384. The SMILES string of the molecule is N#Cc1cc(-c2ccc([N+](=O)[O-])cc2)c(-c2ccco2)nc1N. The third-order valence-electron chi connectivity index (χ3n) is 3.32. The lowest BCUT2D eigenvalue weighted by Gasteiger charge is -2.09. The quantitative estimate of drug-likeness (QED) is 0.585. The molecule has 3 rings (SSSR count). The maximum atomic E-state index is 10.8. The van der Waals surface area contributed by atoms with Gasteiger partial charge in [0.15, 0.2) is 5.76 Å². The standard InChI is InChI=1S/C16H10N4O3/c17-9-11-8-13(10-3-5-12(6-4-10)20(21)22)15(19-16(11)18)14-2-1-7-23-14/h1-8H,(H2,18,19). The summed E-state index contributed by atoms with van der Waals surface area (Å²) in [5, 5.41) is 19.9. The molecule has 2 heterocycles. The number of furan rings is 1. The summed E-state index contributed by atoms with van der Waals surface area (Å²) in [6.45, 7) is 0. The van der Waals surface area contributed by atoms with E-state index in [0.29, 0.717) is 22.6 Å². The third-order valence-corrected chi connectivity index (χ3v) is 3.32. The molecule has 23 heavy (non-hydrogen) atoms. The Kier molecular flexibility index (Phi) is 3.49. The summed E-state index contributed by atoms with van der Waals surface area (Å²) in [6.07, 6.45) is 1.50. The van der Waals surface area contributed by atoms with Crippen LogP contribution in [0.25, 0.3) is 22.6 Å². The zero-order chi connectivity index (χ0) is 16.4. The second-order valence-corrected chi connectivity index (χ2v) is 4.71. The molecule has 0 bridgehead atoms. The number of pyridine rings is 1. The number of nitriles is 1. The number of anilines is 1. The first-order valence-corrected chi connectivity index (χ1v) is 6.59. The normalized spacial score (nSPS) is 10.2. The van der Waals surface area contributed by atoms with Crippen molar-refractivity contribution >= 4 is 11.5 Å². The van der Waals surface area contributed by atoms with Crippen molar-refractivity contribution < 1.29 is 9.34 Å². The second kappa shape index (κ2) is 5.61. The summed E-state index contributed by atoms with van der Waals surface area (Å²) in [7, 11) is 0. The van der Waals surface area contributed by atoms with Gasteiger partial charge in [-0.1, -0.05) is 0 Å². The van der Waals surface area contributed by atoms with Gasteiger partial charge in [0.25, 0.3) is 5.69 Å². The Morgan fingerprint density at radius 1 is 1.26 bits per heavy atom. The van der Waals surface area contributed by atoms with Crippen LogP contribution in [0.2, 0.25) is 0 Å². The molecule has 0 aliphatic heterocycles. The molecule has 2 N–H and O–H groups in total. The molecule has 0 spiro atoms. The summed E-state index contributed by atoms with van der Waals surface area (Å²) >= 11 is 0. The molecule has 0 aliphatic rings. The van der Waals surface area contributed by atoms with Crippen molar-refractivity contribution in [3.05, 3.63) is 64.4 Å². The van der Waals surface area contributed by atoms with Crippen molar-refractivity contribution in [1.29, 1.82) is 5.26 Å². The Bertz CT molecular complexity index is 910. The molecule has 2 aromatic heterocycles. The number of nitrogens with zero attached hydrogens (tertiary/aromatic N) is 3. The lowest BCUT2D eigenvalue weighted by Crippen LogP contribution is -1.99. The summed E-state index contributed by atoms with van der Waals surface area (Å²) in [5.74, 6) is 0.596. The molecule has 0 saturated carbocycles. The third kappa shape index (κ3) is 2.61. The highest BCUT2D eigenvalue weighted by molar-refractivity contribution is 5.82. The van der Waals surface area contributed by atoms with Gasteiger partial charge in [0, 0.05) is 17.7 Å². The van der Waals surface area contributed by atoms with E-state index in [-0.39, 0.29) is 17.1 Å². The Morgan fingerprint density at radius 2 is 2.00 bits per heavy atom. The first kappa shape index (κ1) is 14.3. The lowest BCUT2D eigenvalue weighted by atomic mass is 10.0. The Hall–Kier alpha value is -3.66. The second-order valence-electron chi connectivity index (χ2n) is 4.71. The van der Waals surface area contributed by atoms with Crippen LogP contribution >= 0.6 is 0 Å². The minimum absolute atomic E-state index is 0.0165. The van der Waals surface area contributed by atoms with E-state index in [1.807, 2.05) is 6.07 Å². The number of benzene rings is 1. The summed E-state index contributed by atoms with van der Waals surface area (Å²) in [4.78, 5) is 14.5. The number of non-ortho nitro benzene ring substituents is 1. The van der Waals surface area contributed by atoms with Crippen LogP contribution in [0, 0.1) is 21.4 Å². The molecule has 0 atom stereocenters. The van der Waals surface area contributed by atoms with Crippen molar-refractivity contribution in [3.63, 3.8) is 0 Å². The number of rotatable bonds is 3. The van der Waals surface area contributed by atoms with E-state index < -0.39 is 4.92 Å². The van der Waals surface area contributed by atoms with Crippen molar-refractivity contribution in [3.8, 4) is 28.7 Å². The molecular weight excluding hydrogens is 296 g/mol. The summed E-state index contributed by atoms with van der Waals surface area (Å²) in [5.41, 5.74) is 7.75. The number of nitrogen functional groups attached to an aromatic ring is 1. The molecule has 7 heteroatoms. The number of aromatic nitrogens is 1. The highest BCUT2D eigenvalue weighted by Crippen LogP contribution is 2.33. The van der Waals surface area contributed by atoms with E-state index in [4.69, 9.17) is 15.4 Å². The fourth-order valence-corrected chi connectivity index (χ4v) is 2.20. The van der Waals surface area contributed by atoms with Gasteiger partial charge in [-0.2, -0.15) is 5.26 Å². The van der Waals surface area contributed by atoms with Crippen molar-refractivity contribution in [1.82, 2.24) is 4.98 Å². The topological polar surface area (TPSA) is 119 Å². The molecule has 0 radical (unpaired) electrons. The predicted molar refractivity (Wildman–Crippen MR) is 83.2 cm³/mol. The zero-order valence-corrected chi connectivity index (χ0v) is 11.8. The Morgan fingerprint density at radius 3 is 2.57 bits per heavy atom. The molecule has 0 amide bonds. The maximum absolute atomic E-state index is 10.8. The number of nitro groups is 1. The number of hydrogen-bond acceptors (Lipinski definition) is 6. The molecule has 3 aromatic rings. The highest BCUT2D eigenvalue weighted by Gasteiger charge is 2.16. The smallest absolute Gasteiger partial charge is 0.269 e. The minimum Gasteiger partial charge on any atom is -0.463 e. The van der Waals surface area contributed by atoms with Gasteiger partial charge in [-0.15, -0.1) is 0 Å². The molecule has 112 valence electrons. The van der Waals surface area contributed by atoms with Crippen LogP contribution in [0.5, 0.6) is 0 Å². The van der Waals surface area contributed by atoms with Gasteiger partial charge in [-0.05, 0) is 35.9 Å². The highest BCUT2D eigenvalue weighted by atomic mass is 16.6.